The summed E-state index contributed by atoms with van der Waals surface area (Å²) in [4.78, 5) is 21.8. The Hall–Kier alpha value is -1.64. The molecule has 0 atom stereocenters. The molecule has 1 aliphatic rings. The minimum atomic E-state index is -0.657. The Morgan fingerprint density at radius 2 is 1.93 bits per heavy atom. The lowest BCUT2D eigenvalue weighted by molar-refractivity contribution is -0.131. The Morgan fingerprint density at radius 3 is 2.57 bits per heavy atom. The van der Waals surface area contributed by atoms with Gasteiger partial charge in [-0.1, -0.05) is 6.08 Å². The van der Waals surface area contributed by atoms with E-state index < -0.39 is 11.6 Å². The number of rotatable bonds is 4. The van der Waals surface area contributed by atoms with Gasteiger partial charge in [0.2, 0.25) is 11.6 Å². The third kappa shape index (κ3) is 2.42. The second kappa shape index (κ2) is 4.56. The van der Waals surface area contributed by atoms with Crippen LogP contribution in [0.25, 0.3) is 0 Å². The quantitative estimate of drug-likeness (QED) is 0.320. The molecule has 0 aliphatic heterocycles. The molecule has 3 nitrogen and oxygen atoms in total. The Labute approximate surface area is 82.4 Å². The van der Waals surface area contributed by atoms with Crippen LogP contribution in [0.1, 0.15) is 19.3 Å². The van der Waals surface area contributed by atoms with Gasteiger partial charge in [0.25, 0.3) is 0 Å². The number of carbonyl (C=O) groups is 2. The molecule has 1 rings (SSSR count). The molecule has 0 amide bonds. The summed E-state index contributed by atoms with van der Waals surface area (Å²) in [6.45, 7) is 3.57. The van der Waals surface area contributed by atoms with E-state index in [-0.39, 0.29) is 5.76 Å². The van der Waals surface area contributed by atoms with Crippen molar-refractivity contribution in [2.24, 2.45) is 0 Å². The Bertz CT molecular complexity index is 334. The van der Waals surface area contributed by atoms with E-state index in [0.29, 0.717) is 12.0 Å². The molecule has 1 N–H and O–H groups in total. The molecule has 0 spiro atoms. The van der Waals surface area contributed by atoms with Crippen molar-refractivity contribution in [1.82, 2.24) is 0 Å². The van der Waals surface area contributed by atoms with Crippen molar-refractivity contribution < 1.29 is 14.7 Å². The molecule has 3 heteroatoms. The van der Waals surface area contributed by atoms with Crippen molar-refractivity contribution in [3.05, 3.63) is 36.1 Å². The predicted molar refractivity (Wildman–Crippen MR) is 52.9 cm³/mol. The molecule has 74 valence electrons. The van der Waals surface area contributed by atoms with Gasteiger partial charge in [0.15, 0.2) is 0 Å². The summed E-state index contributed by atoms with van der Waals surface area (Å²) in [7, 11) is 0. The highest BCUT2D eigenvalue weighted by atomic mass is 16.3. The molecule has 0 radical (unpaired) electrons. The van der Waals surface area contributed by atoms with Crippen LogP contribution in [-0.2, 0) is 9.59 Å². The van der Waals surface area contributed by atoms with E-state index >= 15 is 0 Å². The molecule has 1 aliphatic carbocycles. The summed E-state index contributed by atoms with van der Waals surface area (Å²) >= 11 is 0. The van der Waals surface area contributed by atoms with Gasteiger partial charge < -0.3 is 5.11 Å². The number of ketones is 2. The summed E-state index contributed by atoms with van der Waals surface area (Å²) in [6.07, 6.45) is 6.19. The van der Waals surface area contributed by atoms with Crippen LogP contribution in [0.3, 0.4) is 0 Å². The van der Waals surface area contributed by atoms with Crippen LogP contribution in [0.5, 0.6) is 0 Å². The summed E-state index contributed by atoms with van der Waals surface area (Å²) in [6, 6.07) is 0. The molecule has 0 aromatic carbocycles. The first-order valence-corrected chi connectivity index (χ1v) is 4.46. The van der Waals surface area contributed by atoms with Crippen molar-refractivity contribution in [2.45, 2.75) is 19.3 Å². The van der Waals surface area contributed by atoms with Crippen LogP contribution in [0.2, 0.25) is 0 Å². The van der Waals surface area contributed by atoms with Gasteiger partial charge in [-0.3, -0.25) is 9.59 Å². The number of unbranched alkanes of at least 4 members (excludes halogenated alkanes) is 1. The molecular weight excluding hydrogens is 180 g/mol. The van der Waals surface area contributed by atoms with Crippen LogP contribution in [0.15, 0.2) is 36.1 Å². The highest BCUT2D eigenvalue weighted by Gasteiger charge is 2.18. The number of aliphatic hydroxyl groups is 1. The topological polar surface area (TPSA) is 54.4 Å². The van der Waals surface area contributed by atoms with Crippen molar-refractivity contribution in [1.29, 1.82) is 0 Å². The third-order valence-corrected chi connectivity index (χ3v) is 2.00. The first-order chi connectivity index (χ1) is 6.65. The first-order valence-electron chi connectivity index (χ1n) is 4.46. The summed E-state index contributed by atoms with van der Waals surface area (Å²) in [5.74, 6) is -1.30. The molecule has 0 heterocycles. The normalized spacial score (nSPS) is 16.3. The van der Waals surface area contributed by atoms with E-state index in [1.807, 2.05) is 0 Å². The summed E-state index contributed by atoms with van der Waals surface area (Å²) in [5, 5.41) is 9.35. The molecule has 0 unspecified atom stereocenters. The number of aliphatic hydroxyl groups excluding tert-OH is 1. The summed E-state index contributed by atoms with van der Waals surface area (Å²) < 4.78 is 0. The van der Waals surface area contributed by atoms with Crippen LogP contribution < -0.4 is 0 Å². The van der Waals surface area contributed by atoms with Crippen molar-refractivity contribution in [2.75, 3.05) is 0 Å². The molecular formula is C11H12O3. The standard InChI is InChI=1S/C11H12O3/c1-2-3-4-5-8-6-10(13)11(14)7-9(8)12/h2,6-7,12H,1,3-5H2. The number of carbonyl (C=O) groups excluding carboxylic acids is 2. The monoisotopic (exact) mass is 192 g/mol. The van der Waals surface area contributed by atoms with E-state index in [9.17, 15) is 14.7 Å². The SMILES string of the molecule is C=CCCCC1=CC(=O)C(=O)C=C1O. The van der Waals surface area contributed by atoms with Crippen molar-refractivity contribution in [3.8, 4) is 0 Å². The van der Waals surface area contributed by atoms with Crippen LogP contribution in [0.4, 0.5) is 0 Å². The first kappa shape index (κ1) is 10.4. The Morgan fingerprint density at radius 1 is 1.29 bits per heavy atom. The molecule has 0 aromatic rings. The number of hydrogen-bond donors (Lipinski definition) is 1. The number of allylic oxidation sites excluding steroid dienone is 4. The molecule has 0 bridgehead atoms. The lowest BCUT2D eigenvalue weighted by Gasteiger charge is -2.08. The van der Waals surface area contributed by atoms with E-state index in [1.165, 1.54) is 6.08 Å². The lowest BCUT2D eigenvalue weighted by Crippen LogP contribution is -2.14. The zero-order valence-electron chi connectivity index (χ0n) is 7.82. The largest absolute Gasteiger partial charge is 0.508 e. The zero-order valence-corrected chi connectivity index (χ0v) is 7.82. The van der Waals surface area contributed by atoms with Gasteiger partial charge in [-0.25, -0.2) is 0 Å². The zero-order chi connectivity index (χ0) is 10.6. The van der Waals surface area contributed by atoms with Gasteiger partial charge in [-0.05, 0) is 30.9 Å². The minimum Gasteiger partial charge on any atom is -0.508 e. The Balaban J connectivity index is 2.65. The lowest BCUT2D eigenvalue weighted by atomic mass is 9.98. The molecule has 0 aromatic heterocycles. The third-order valence-electron chi connectivity index (χ3n) is 2.00. The predicted octanol–water partition coefficient (Wildman–Crippen LogP) is 1.86. The van der Waals surface area contributed by atoms with Crippen molar-refractivity contribution in [3.63, 3.8) is 0 Å². The maximum Gasteiger partial charge on any atom is 0.229 e. The fourth-order valence-corrected chi connectivity index (χ4v) is 1.23. The van der Waals surface area contributed by atoms with Gasteiger partial charge in [0, 0.05) is 6.08 Å². The van der Waals surface area contributed by atoms with Gasteiger partial charge in [0.05, 0.1) is 0 Å². The average Bonchev–Trinajstić information content (AvgIpc) is 2.14. The molecule has 0 saturated heterocycles. The van der Waals surface area contributed by atoms with E-state index in [2.05, 4.69) is 6.58 Å². The maximum absolute atomic E-state index is 11.0. The second-order valence-corrected chi connectivity index (χ2v) is 3.11. The molecule has 14 heavy (non-hydrogen) atoms. The smallest absolute Gasteiger partial charge is 0.229 e. The fourth-order valence-electron chi connectivity index (χ4n) is 1.23. The summed E-state index contributed by atoms with van der Waals surface area (Å²) in [5.41, 5.74) is 0.538. The minimum absolute atomic E-state index is 0.0846. The average molecular weight is 192 g/mol. The molecule has 0 fully saturated rings. The Kier molecular flexibility index (Phi) is 3.40. The van der Waals surface area contributed by atoms with Crippen LogP contribution in [-0.4, -0.2) is 16.7 Å². The maximum atomic E-state index is 11.0. The van der Waals surface area contributed by atoms with E-state index in [1.54, 1.807) is 6.08 Å². The fraction of sp³-hybridized carbons (Fsp3) is 0.273. The van der Waals surface area contributed by atoms with Gasteiger partial charge >= 0.3 is 0 Å². The highest BCUT2D eigenvalue weighted by molar-refractivity contribution is 6.46. The van der Waals surface area contributed by atoms with Gasteiger partial charge in [-0.15, -0.1) is 6.58 Å². The van der Waals surface area contributed by atoms with Crippen LogP contribution >= 0.6 is 0 Å². The van der Waals surface area contributed by atoms with Gasteiger partial charge in [0.1, 0.15) is 5.76 Å². The molecule has 0 saturated carbocycles. The van der Waals surface area contributed by atoms with E-state index in [0.717, 1.165) is 18.9 Å². The van der Waals surface area contributed by atoms with Gasteiger partial charge in [-0.2, -0.15) is 0 Å². The number of hydrogen-bond acceptors (Lipinski definition) is 3. The highest BCUT2D eigenvalue weighted by Crippen LogP contribution is 2.18. The second-order valence-electron chi connectivity index (χ2n) is 3.11. The van der Waals surface area contributed by atoms with Crippen LogP contribution in [0, 0.1) is 0 Å². The van der Waals surface area contributed by atoms with E-state index in [4.69, 9.17) is 0 Å². The van der Waals surface area contributed by atoms with Crippen molar-refractivity contribution >= 4 is 11.6 Å².